The molecule has 7 nitrogen and oxygen atoms in total. The number of rotatable bonds is 4. The summed E-state index contributed by atoms with van der Waals surface area (Å²) >= 11 is 0. The molecule has 3 aromatic rings. The average Bonchev–Trinajstić information content (AvgIpc) is 3.29. The summed E-state index contributed by atoms with van der Waals surface area (Å²) in [6.45, 7) is 4.28. The summed E-state index contributed by atoms with van der Waals surface area (Å²) in [7, 11) is 2.17. The fourth-order valence-electron chi connectivity index (χ4n) is 4.56. The van der Waals surface area contributed by atoms with Crippen LogP contribution in [0.15, 0.2) is 47.4 Å². The number of piperazine rings is 1. The van der Waals surface area contributed by atoms with Gasteiger partial charge in [-0.25, -0.2) is 4.98 Å². The number of hydrogen-bond acceptors (Lipinski definition) is 6. The molecule has 1 N–H and O–H groups in total. The Balaban J connectivity index is 1.39. The van der Waals surface area contributed by atoms with Gasteiger partial charge >= 0.3 is 0 Å². The summed E-state index contributed by atoms with van der Waals surface area (Å²) < 4.78 is 1.87. The Kier molecular flexibility index (Phi) is 5.12. The third-order valence-electron chi connectivity index (χ3n) is 6.35. The molecule has 1 aromatic carbocycles. The van der Waals surface area contributed by atoms with E-state index in [1.165, 1.54) is 18.5 Å². The quantitative estimate of drug-likeness (QED) is 0.719. The first-order valence-electron chi connectivity index (χ1n) is 10.9. The van der Waals surface area contributed by atoms with Gasteiger partial charge in [0.1, 0.15) is 5.65 Å². The van der Waals surface area contributed by atoms with Crippen molar-refractivity contribution in [3.05, 3.63) is 52.9 Å². The molecule has 156 valence electrons. The van der Waals surface area contributed by atoms with Crippen LogP contribution in [0.25, 0.3) is 11.0 Å². The third-order valence-corrected chi connectivity index (χ3v) is 6.35. The zero-order valence-electron chi connectivity index (χ0n) is 17.4. The summed E-state index contributed by atoms with van der Waals surface area (Å²) in [5, 5.41) is 4.21. The van der Waals surface area contributed by atoms with Gasteiger partial charge in [0.15, 0.2) is 0 Å². The van der Waals surface area contributed by atoms with Crippen molar-refractivity contribution < 1.29 is 0 Å². The van der Waals surface area contributed by atoms with Gasteiger partial charge in [-0.15, -0.1) is 0 Å². The average molecular weight is 405 g/mol. The zero-order chi connectivity index (χ0) is 20.5. The van der Waals surface area contributed by atoms with Gasteiger partial charge in [-0.3, -0.25) is 9.36 Å². The van der Waals surface area contributed by atoms with Crippen LogP contribution in [0.5, 0.6) is 0 Å². The molecule has 0 amide bonds. The monoisotopic (exact) mass is 404 g/mol. The summed E-state index contributed by atoms with van der Waals surface area (Å²) in [5.74, 6) is 0.521. The van der Waals surface area contributed by atoms with E-state index >= 15 is 0 Å². The summed E-state index contributed by atoms with van der Waals surface area (Å²) in [6, 6.07) is 12.1. The van der Waals surface area contributed by atoms with Gasteiger partial charge in [0.2, 0.25) is 5.95 Å². The molecular formula is C23H28N6O. The van der Waals surface area contributed by atoms with Gasteiger partial charge in [-0.05, 0) is 50.2 Å². The van der Waals surface area contributed by atoms with E-state index in [9.17, 15) is 4.79 Å². The molecule has 1 aliphatic carbocycles. The van der Waals surface area contributed by atoms with E-state index in [0.717, 1.165) is 55.7 Å². The zero-order valence-corrected chi connectivity index (χ0v) is 17.4. The molecule has 7 heteroatoms. The Labute approximate surface area is 176 Å². The van der Waals surface area contributed by atoms with Gasteiger partial charge in [-0.1, -0.05) is 12.8 Å². The molecule has 2 aromatic heterocycles. The van der Waals surface area contributed by atoms with Crippen molar-refractivity contribution in [1.29, 1.82) is 0 Å². The smallest absolute Gasteiger partial charge is 0.252 e. The number of hydrogen-bond donors (Lipinski definition) is 1. The molecule has 0 atom stereocenters. The first-order chi connectivity index (χ1) is 14.7. The van der Waals surface area contributed by atoms with Crippen LogP contribution >= 0.6 is 0 Å². The molecule has 1 saturated heterocycles. The van der Waals surface area contributed by atoms with Gasteiger partial charge < -0.3 is 15.1 Å². The van der Waals surface area contributed by atoms with Crippen molar-refractivity contribution in [1.82, 2.24) is 19.4 Å². The maximum Gasteiger partial charge on any atom is 0.252 e. The molecule has 0 bridgehead atoms. The molecule has 0 unspecified atom stereocenters. The van der Waals surface area contributed by atoms with E-state index < -0.39 is 0 Å². The Bertz CT molecular complexity index is 1080. The predicted molar refractivity (Wildman–Crippen MR) is 121 cm³/mol. The number of pyridine rings is 1. The normalized spacial score (nSPS) is 18.2. The number of benzene rings is 1. The molecule has 2 aliphatic rings. The Morgan fingerprint density at radius 2 is 1.70 bits per heavy atom. The largest absolute Gasteiger partial charge is 0.369 e. The van der Waals surface area contributed by atoms with Crippen LogP contribution in [0.4, 0.5) is 17.3 Å². The molecular weight excluding hydrogens is 376 g/mol. The van der Waals surface area contributed by atoms with Gasteiger partial charge in [-0.2, -0.15) is 4.98 Å². The lowest BCUT2D eigenvalue weighted by Crippen LogP contribution is -2.44. The van der Waals surface area contributed by atoms with Crippen molar-refractivity contribution in [3.8, 4) is 0 Å². The SMILES string of the molecule is CN1CCN(c2ccc(Nc3ncc4ccc(=O)n(C5CCCC5)c4n3)cc2)CC1. The number of aromatic nitrogens is 3. The van der Waals surface area contributed by atoms with Crippen LogP contribution in [0, 0.1) is 0 Å². The minimum atomic E-state index is 0.0237. The second kappa shape index (κ2) is 8.07. The molecule has 5 rings (SSSR count). The summed E-state index contributed by atoms with van der Waals surface area (Å²) in [4.78, 5) is 26.5. The van der Waals surface area contributed by atoms with Crippen LogP contribution in [0.2, 0.25) is 0 Å². The second-order valence-electron chi connectivity index (χ2n) is 8.41. The molecule has 0 radical (unpaired) electrons. The Hall–Kier alpha value is -2.93. The highest BCUT2D eigenvalue weighted by Crippen LogP contribution is 2.30. The van der Waals surface area contributed by atoms with Gasteiger partial charge in [0.25, 0.3) is 5.56 Å². The van der Waals surface area contributed by atoms with Crippen molar-refractivity contribution >= 4 is 28.4 Å². The molecule has 0 spiro atoms. The maximum atomic E-state index is 12.6. The summed E-state index contributed by atoms with van der Waals surface area (Å²) in [5.41, 5.74) is 2.93. The third kappa shape index (κ3) is 3.77. The van der Waals surface area contributed by atoms with E-state index in [0.29, 0.717) is 5.95 Å². The van der Waals surface area contributed by atoms with Crippen molar-refractivity contribution in [2.75, 3.05) is 43.4 Å². The first-order valence-corrected chi connectivity index (χ1v) is 10.9. The van der Waals surface area contributed by atoms with Crippen LogP contribution in [-0.4, -0.2) is 52.7 Å². The minimum Gasteiger partial charge on any atom is -0.369 e. The van der Waals surface area contributed by atoms with Gasteiger partial charge in [0.05, 0.1) is 0 Å². The number of likely N-dealkylation sites (N-methyl/N-ethyl adjacent to an activating group) is 1. The lowest BCUT2D eigenvalue weighted by atomic mass is 10.2. The Morgan fingerprint density at radius 1 is 0.967 bits per heavy atom. The topological polar surface area (TPSA) is 66.3 Å². The van der Waals surface area contributed by atoms with Crippen LogP contribution in [0.1, 0.15) is 31.7 Å². The molecule has 2 fully saturated rings. The number of nitrogens with zero attached hydrogens (tertiary/aromatic N) is 5. The second-order valence-corrected chi connectivity index (χ2v) is 8.41. The van der Waals surface area contributed by atoms with E-state index in [2.05, 4.69) is 51.4 Å². The highest BCUT2D eigenvalue weighted by Gasteiger charge is 2.20. The number of fused-ring (bicyclic) bond motifs is 1. The highest BCUT2D eigenvalue weighted by atomic mass is 16.1. The van der Waals surface area contributed by atoms with Crippen LogP contribution in [-0.2, 0) is 0 Å². The van der Waals surface area contributed by atoms with Gasteiger partial charge in [0, 0.05) is 61.2 Å². The maximum absolute atomic E-state index is 12.6. The van der Waals surface area contributed by atoms with Crippen LogP contribution < -0.4 is 15.8 Å². The lowest BCUT2D eigenvalue weighted by Gasteiger charge is -2.34. The van der Waals surface area contributed by atoms with Crippen molar-refractivity contribution in [2.24, 2.45) is 0 Å². The Morgan fingerprint density at radius 3 is 2.43 bits per heavy atom. The molecule has 30 heavy (non-hydrogen) atoms. The number of anilines is 3. The summed E-state index contributed by atoms with van der Waals surface area (Å²) in [6.07, 6.45) is 6.22. The molecule has 1 saturated carbocycles. The predicted octanol–water partition coefficient (Wildman–Crippen LogP) is 3.40. The van der Waals surface area contributed by atoms with E-state index in [4.69, 9.17) is 4.98 Å². The highest BCUT2D eigenvalue weighted by molar-refractivity contribution is 5.76. The minimum absolute atomic E-state index is 0.0237. The fourth-order valence-corrected chi connectivity index (χ4v) is 4.56. The van der Waals surface area contributed by atoms with Crippen molar-refractivity contribution in [3.63, 3.8) is 0 Å². The van der Waals surface area contributed by atoms with E-state index in [1.807, 2.05) is 10.6 Å². The molecule has 1 aliphatic heterocycles. The molecule has 3 heterocycles. The van der Waals surface area contributed by atoms with E-state index in [1.54, 1.807) is 12.3 Å². The lowest BCUT2D eigenvalue weighted by molar-refractivity contribution is 0.313. The first kappa shape index (κ1) is 19.1. The fraction of sp³-hybridized carbons (Fsp3) is 0.435. The standard InChI is InChI=1S/C23H28N6O/c1-27-12-14-28(15-13-27)19-9-7-18(8-10-19)25-23-24-16-17-6-11-21(30)29(22(17)26-23)20-4-2-3-5-20/h6-11,16,20H,2-5,12-15H2,1H3,(H,24,25,26). The van der Waals surface area contributed by atoms with E-state index in [-0.39, 0.29) is 11.6 Å². The van der Waals surface area contributed by atoms with Crippen molar-refractivity contribution in [2.45, 2.75) is 31.7 Å². The number of nitrogens with one attached hydrogen (secondary N) is 1. The van der Waals surface area contributed by atoms with Crippen LogP contribution in [0.3, 0.4) is 0 Å².